The number of rotatable bonds is 0. The molecule has 0 bridgehead atoms. The van der Waals surface area contributed by atoms with Crippen LogP contribution in [0.3, 0.4) is 0 Å². The fourth-order valence-corrected chi connectivity index (χ4v) is 1.16. The molecule has 2 rings (SSSR count). The Labute approximate surface area is 44.7 Å². The maximum Gasteiger partial charge on any atom is 0.394 e. The van der Waals surface area contributed by atoms with Crippen molar-refractivity contribution in [3.05, 3.63) is 0 Å². The van der Waals surface area contributed by atoms with Crippen LogP contribution in [0.5, 0.6) is 0 Å². The van der Waals surface area contributed by atoms with Gasteiger partial charge in [-0.2, -0.15) is 13.2 Å². The van der Waals surface area contributed by atoms with Crippen LogP contribution in [0.25, 0.3) is 0 Å². The molecule has 2 saturated carbocycles. The summed E-state index contributed by atoms with van der Waals surface area (Å²) in [5, 5.41) is 0. The molecule has 0 radical (unpaired) electrons. The van der Waals surface area contributed by atoms with Crippen molar-refractivity contribution in [3.63, 3.8) is 0 Å². The summed E-state index contributed by atoms with van der Waals surface area (Å²) in [4.78, 5) is 0. The van der Waals surface area contributed by atoms with Crippen LogP contribution in [-0.4, -0.2) is 6.18 Å². The summed E-state index contributed by atoms with van der Waals surface area (Å²) in [5.41, 5.74) is -1.15. The molecule has 2 aliphatic carbocycles. The SMILES string of the molecule is FC(F)(F)C12CC1C2. The van der Waals surface area contributed by atoms with E-state index < -0.39 is 11.6 Å². The van der Waals surface area contributed by atoms with Gasteiger partial charge in [-0.3, -0.25) is 0 Å². The third kappa shape index (κ3) is 0.307. The second-order valence-electron chi connectivity index (χ2n) is 2.76. The Balaban J connectivity index is 2.17. The van der Waals surface area contributed by atoms with Crippen LogP contribution in [0, 0.1) is 11.3 Å². The molecule has 8 heavy (non-hydrogen) atoms. The Morgan fingerprint density at radius 3 is 1.62 bits per heavy atom. The van der Waals surface area contributed by atoms with Crippen molar-refractivity contribution in [1.29, 1.82) is 0 Å². The summed E-state index contributed by atoms with van der Waals surface area (Å²) in [6.45, 7) is 0. The highest BCUT2D eigenvalue weighted by atomic mass is 19.4. The summed E-state index contributed by atoms with van der Waals surface area (Å²) < 4.78 is 35.0. The van der Waals surface area contributed by atoms with Crippen LogP contribution in [0.1, 0.15) is 12.8 Å². The third-order valence-corrected chi connectivity index (χ3v) is 2.25. The molecule has 0 aromatic carbocycles. The fraction of sp³-hybridized carbons (Fsp3) is 1.00. The Morgan fingerprint density at radius 1 is 1.25 bits per heavy atom. The summed E-state index contributed by atoms with van der Waals surface area (Å²) in [6.07, 6.45) is -3.05. The van der Waals surface area contributed by atoms with E-state index in [1.807, 2.05) is 0 Å². The molecule has 46 valence electrons. The minimum absolute atomic E-state index is 0.0301. The van der Waals surface area contributed by atoms with Gasteiger partial charge in [-0.1, -0.05) is 0 Å². The number of hydrogen-bond donors (Lipinski definition) is 0. The van der Waals surface area contributed by atoms with Crippen LogP contribution in [-0.2, 0) is 0 Å². The molecule has 0 atom stereocenters. The number of hydrogen-bond acceptors (Lipinski definition) is 0. The van der Waals surface area contributed by atoms with Crippen molar-refractivity contribution < 1.29 is 13.2 Å². The molecular weight excluding hydrogens is 117 g/mol. The monoisotopic (exact) mass is 122 g/mol. The average molecular weight is 122 g/mol. The van der Waals surface area contributed by atoms with Gasteiger partial charge in [0.1, 0.15) is 0 Å². The molecule has 0 spiro atoms. The molecule has 0 aliphatic heterocycles. The zero-order chi connectivity index (χ0) is 5.99. The van der Waals surface area contributed by atoms with Crippen molar-refractivity contribution >= 4 is 0 Å². The topological polar surface area (TPSA) is 0 Å². The van der Waals surface area contributed by atoms with Gasteiger partial charge >= 0.3 is 6.18 Å². The first kappa shape index (κ1) is 4.65. The first-order chi connectivity index (χ1) is 3.56. The highest BCUT2D eigenvalue weighted by molar-refractivity contribution is 5.22. The number of fused-ring (bicyclic) bond motifs is 1. The second-order valence-corrected chi connectivity index (χ2v) is 2.76. The Hall–Kier alpha value is -0.210. The lowest BCUT2D eigenvalue weighted by atomic mass is 10.2. The standard InChI is InChI=1S/C5H5F3/c6-5(7,8)4-1-3(4)2-4/h3H,1-2H2. The van der Waals surface area contributed by atoms with Crippen molar-refractivity contribution in [2.75, 3.05) is 0 Å². The zero-order valence-electron chi connectivity index (χ0n) is 4.13. The molecule has 0 saturated heterocycles. The van der Waals surface area contributed by atoms with Gasteiger partial charge in [0, 0.05) is 0 Å². The first-order valence-corrected chi connectivity index (χ1v) is 2.63. The van der Waals surface area contributed by atoms with Crippen molar-refractivity contribution in [1.82, 2.24) is 0 Å². The fourth-order valence-electron chi connectivity index (χ4n) is 1.16. The van der Waals surface area contributed by atoms with Crippen molar-refractivity contribution in [2.45, 2.75) is 19.0 Å². The van der Waals surface area contributed by atoms with E-state index in [-0.39, 0.29) is 5.92 Å². The quantitative estimate of drug-likeness (QED) is 0.460. The maximum atomic E-state index is 11.7. The molecule has 0 N–H and O–H groups in total. The average Bonchev–Trinajstić information content (AvgIpc) is 1.96. The maximum absolute atomic E-state index is 11.7. The minimum Gasteiger partial charge on any atom is -0.170 e. The first-order valence-electron chi connectivity index (χ1n) is 2.63. The summed E-state index contributed by atoms with van der Waals surface area (Å²) >= 11 is 0. The van der Waals surface area contributed by atoms with Gasteiger partial charge in [0.2, 0.25) is 0 Å². The van der Waals surface area contributed by atoms with Gasteiger partial charge in [-0.15, -0.1) is 0 Å². The lowest BCUT2D eigenvalue weighted by molar-refractivity contribution is -0.167. The van der Waals surface area contributed by atoms with E-state index in [4.69, 9.17) is 0 Å². The van der Waals surface area contributed by atoms with Crippen LogP contribution < -0.4 is 0 Å². The highest BCUT2D eigenvalue weighted by Crippen LogP contribution is 2.81. The van der Waals surface area contributed by atoms with Crippen molar-refractivity contribution in [3.8, 4) is 0 Å². The number of halogens is 3. The predicted molar refractivity (Wildman–Crippen MR) is 21.2 cm³/mol. The summed E-state index contributed by atoms with van der Waals surface area (Å²) in [7, 11) is 0. The van der Waals surface area contributed by atoms with Crippen LogP contribution in [0.2, 0.25) is 0 Å². The summed E-state index contributed by atoms with van der Waals surface area (Å²) in [6, 6.07) is 0. The molecule has 0 amide bonds. The molecule has 0 nitrogen and oxygen atoms in total. The molecule has 2 fully saturated rings. The molecular formula is C5H5F3. The molecule has 2 aliphatic rings. The predicted octanol–water partition coefficient (Wildman–Crippen LogP) is 1.96. The highest BCUT2D eigenvalue weighted by Gasteiger charge is 2.82. The van der Waals surface area contributed by atoms with Crippen LogP contribution in [0.4, 0.5) is 13.2 Å². The molecule has 0 aromatic rings. The Bertz CT molecular complexity index is 129. The Kier molecular flexibility index (Phi) is 0.469. The van der Waals surface area contributed by atoms with Gasteiger partial charge in [0.25, 0.3) is 0 Å². The van der Waals surface area contributed by atoms with E-state index in [0.717, 1.165) is 0 Å². The normalized spacial score (nSPS) is 50.6. The smallest absolute Gasteiger partial charge is 0.170 e. The van der Waals surface area contributed by atoms with Gasteiger partial charge in [0.05, 0.1) is 5.41 Å². The van der Waals surface area contributed by atoms with Gasteiger partial charge < -0.3 is 0 Å². The van der Waals surface area contributed by atoms with Gasteiger partial charge in [-0.05, 0) is 18.8 Å². The lowest BCUT2D eigenvalue weighted by Crippen LogP contribution is -2.15. The molecule has 0 unspecified atom stereocenters. The van der Waals surface area contributed by atoms with Gasteiger partial charge in [-0.25, -0.2) is 0 Å². The van der Waals surface area contributed by atoms with Gasteiger partial charge in [0.15, 0.2) is 0 Å². The van der Waals surface area contributed by atoms with E-state index in [1.165, 1.54) is 0 Å². The van der Waals surface area contributed by atoms with Crippen LogP contribution >= 0.6 is 0 Å². The van der Waals surface area contributed by atoms with Crippen molar-refractivity contribution in [2.24, 2.45) is 11.3 Å². The molecule has 0 aromatic heterocycles. The zero-order valence-corrected chi connectivity index (χ0v) is 4.13. The lowest BCUT2D eigenvalue weighted by Gasteiger charge is -2.06. The van der Waals surface area contributed by atoms with Crippen LogP contribution in [0.15, 0.2) is 0 Å². The number of alkyl halides is 3. The van der Waals surface area contributed by atoms with E-state index in [0.29, 0.717) is 12.8 Å². The minimum atomic E-state index is -3.88. The van der Waals surface area contributed by atoms with E-state index in [2.05, 4.69) is 0 Å². The van der Waals surface area contributed by atoms with E-state index in [9.17, 15) is 13.2 Å². The van der Waals surface area contributed by atoms with E-state index in [1.54, 1.807) is 0 Å². The second kappa shape index (κ2) is 0.807. The molecule has 3 heteroatoms. The molecule has 0 heterocycles. The Morgan fingerprint density at radius 2 is 1.62 bits per heavy atom. The van der Waals surface area contributed by atoms with E-state index >= 15 is 0 Å². The largest absolute Gasteiger partial charge is 0.394 e. The summed E-state index contributed by atoms with van der Waals surface area (Å²) in [5.74, 6) is 0.0301. The third-order valence-electron chi connectivity index (χ3n) is 2.25.